The predicted molar refractivity (Wildman–Crippen MR) is 92.8 cm³/mol. The zero-order chi connectivity index (χ0) is 17.6. The van der Waals surface area contributed by atoms with Crippen molar-refractivity contribution in [1.29, 1.82) is 0 Å². The number of hydrogen-bond acceptors (Lipinski definition) is 4. The van der Waals surface area contributed by atoms with Gasteiger partial charge in [-0.3, -0.25) is 4.79 Å². The number of allylic oxidation sites excluding steroid dienone is 2. The smallest absolute Gasteiger partial charge is 0.370 e. The molecule has 22 heavy (non-hydrogen) atoms. The van der Waals surface area contributed by atoms with Crippen molar-refractivity contribution in [1.82, 2.24) is 0 Å². The highest BCUT2D eigenvalue weighted by atomic mass is 28.4. The predicted octanol–water partition coefficient (Wildman–Crippen LogP) is 4.29. The van der Waals surface area contributed by atoms with Gasteiger partial charge in [0.25, 0.3) is 0 Å². The van der Waals surface area contributed by atoms with Crippen LogP contribution < -0.4 is 0 Å². The molecule has 1 atom stereocenters. The molecular weight excluding hydrogens is 296 g/mol. The number of carbonyl (C=O) groups is 1. The Bertz CT molecular complexity index is 364. The fourth-order valence-electron chi connectivity index (χ4n) is 2.42. The lowest BCUT2D eigenvalue weighted by Crippen LogP contribution is -2.61. The first-order valence-electron chi connectivity index (χ1n) is 7.94. The SMILES string of the molecule is C=CC(=O)C(C=C)(CC)[Si](OC(C)C)(OC(C)C)OC(C)C. The van der Waals surface area contributed by atoms with Gasteiger partial charge in [-0.25, -0.2) is 0 Å². The molecule has 0 fully saturated rings. The molecule has 0 rings (SSSR count). The molecule has 0 spiro atoms. The molecule has 0 aromatic heterocycles. The van der Waals surface area contributed by atoms with Crippen LogP contribution in [0, 0.1) is 0 Å². The first kappa shape index (κ1) is 21.2. The minimum Gasteiger partial charge on any atom is -0.370 e. The second-order valence-electron chi connectivity index (χ2n) is 6.15. The number of carbonyl (C=O) groups excluding carboxylic acids is 1. The Kier molecular flexibility index (Phi) is 8.47. The number of rotatable bonds is 11. The van der Waals surface area contributed by atoms with Gasteiger partial charge >= 0.3 is 8.80 Å². The Morgan fingerprint density at radius 2 is 1.36 bits per heavy atom. The standard InChI is InChI=1S/C17H32O4Si/c1-10-16(18)17(11-2,12-3)22(19-13(4)5,20-14(6)7)21-15(8)9/h10-11,13-15H,1-2,12H2,3-9H3. The maximum Gasteiger partial charge on any atom is 0.520 e. The minimum atomic E-state index is -3.39. The average Bonchev–Trinajstić information content (AvgIpc) is 2.37. The van der Waals surface area contributed by atoms with E-state index >= 15 is 0 Å². The van der Waals surface area contributed by atoms with E-state index in [0.29, 0.717) is 6.42 Å². The number of ketones is 1. The van der Waals surface area contributed by atoms with E-state index in [2.05, 4.69) is 13.2 Å². The summed E-state index contributed by atoms with van der Waals surface area (Å²) in [6.07, 6.45) is 3.02. The first-order chi connectivity index (χ1) is 10.1. The molecule has 128 valence electrons. The van der Waals surface area contributed by atoms with Crippen molar-refractivity contribution in [2.45, 2.75) is 78.2 Å². The fourth-order valence-corrected chi connectivity index (χ4v) is 6.17. The van der Waals surface area contributed by atoms with E-state index in [4.69, 9.17) is 13.3 Å². The second-order valence-corrected chi connectivity index (χ2v) is 8.87. The average molecular weight is 329 g/mol. The Morgan fingerprint density at radius 3 is 1.55 bits per heavy atom. The minimum absolute atomic E-state index is 0.132. The third-order valence-corrected chi connectivity index (χ3v) is 7.49. The summed E-state index contributed by atoms with van der Waals surface area (Å²) in [6, 6.07) is 0. The quantitative estimate of drug-likeness (QED) is 0.322. The third kappa shape index (κ3) is 4.62. The van der Waals surface area contributed by atoms with Crippen molar-refractivity contribution < 1.29 is 18.1 Å². The summed E-state index contributed by atoms with van der Waals surface area (Å²) >= 11 is 0. The van der Waals surface area contributed by atoms with E-state index in [9.17, 15) is 4.79 Å². The number of hydrogen-bond donors (Lipinski definition) is 0. The van der Waals surface area contributed by atoms with E-state index in [1.807, 2.05) is 48.5 Å². The van der Waals surface area contributed by atoms with E-state index in [-0.39, 0.29) is 24.1 Å². The summed E-state index contributed by atoms with van der Waals surface area (Å²) in [7, 11) is -3.39. The summed E-state index contributed by atoms with van der Waals surface area (Å²) in [5.74, 6) is -0.168. The second kappa shape index (κ2) is 8.77. The lowest BCUT2D eigenvalue weighted by Gasteiger charge is -2.44. The zero-order valence-corrected chi connectivity index (χ0v) is 16.1. The van der Waals surface area contributed by atoms with Crippen LogP contribution in [0.5, 0.6) is 0 Å². The van der Waals surface area contributed by atoms with Crippen LogP contribution in [-0.2, 0) is 18.1 Å². The molecule has 0 amide bonds. The van der Waals surface area contributed by atoms with Gasteiger partial charge in [-0.1, -0.05) is 19.6 Å². The van der Waals surface area contributed by atoms with Crippen molar-refractivity contribution in [3.05, 3.63) is 25.3 Å². The molecule has 0 saturated carbocycles. The van der Waals surface area contributed by atoms with Gasteiger partial charge in [0.15, 0.2) is 5.78 Å². The molecule has 1 unspecified atom stereocenters. The maximum absolute atomic E-state index is 12.7. The van der Waals surface area contributed by atoms with Crippen LogP contribution in [0.2, 0.25) is 5.04 Å². The molecule has 0 bridgehead atoms. The Morgan fingerprint density at radius 1 is 1.00 bits per heavy atom. The molecule has 0 aliphatic rings. The van der Waals surface area contributed by atoms with Gasteiger partial charge in [0.1, 0.15) is 5.04 Å². The molecule has 0 radical (unpaired) electrons. The molecular formula is C17H32O4Si. The highest BCUT2D eigenvalue weighted by molar-refractivity contribution is 6.70. The largest absolute Gasteiger partial charge is 0.520 e. The molecule has 0 aliphatic carbocycles. The topological polar surface area (TPSA) is 44.8 Å². The van der Waals surface area contributed by atoms with Crippen LogP contribution in [0.25, 0.3) is 0 Å². The van der Waals surface area contributed by atoms with Gasteiger partial charge in [-0.2, -0.15) is 0 Å². The van der Waals surface area contributed by atoms with E-state index in [1.165, 1.54) is 6.08 Å². The van der Waals surface area contributed by atoms with Crippen molar-refractivity contribution >= 4 is 14.6 Å². The molecule has 0 heterocycles. The lowest BCUT2D eigenvalue weighted by molar-refractivity contribution is -0.119. The fraction of sp³-hybridized carbons (Fsp3) is 0.706. The Hall–Kier alpha value is -0.753. The zero-order valence-electron chi connectivity index (χ0n) is 15.1. The van der Waals surface area contributed by atoms with Crippen LogP contribution in [-0.4, -0.2) is 32.9 Å². The molecule has 0 saturated heterocycles. The summed E-state index contributed by atoms with van der Waals surface area (Å²) in [5.41, 5.74) is 0. The van der Waals surface area contributed by atoms with E-state index < -0.39 is 13.8 Å². The van der Waals surface area contributed by atoms with Gasteiger partial charge in [0.2, 0.25) is 0 Å². The first-order valence-corrected chi connectivity index (χ1v) is 9.67. The summed E-state index contributed by atoms with van der Waals surface area (Å²) < 4.78 is 18.6. The highest BCUT2D eigenvalue weighted by Gasteiger charge is 2.63. The summed E-state index contributed by atoms with van der Waals surface area (Å²) in [6.45, 7) is 20.9. The van der Waals surface area contributed by atoms with Gasteiger partial charge in [-0.05, 0) is 54.0 Å². The van der Waals surface area contributed by atoms with Crippen LogP contribution in [0.1, 0.15) is 54.9 Å². The van der Waals surface area contributed by atoms with Crippen LogP contribution in [0.15, 0.2) is 25.3 Å². The molecule has 4 nitrogen and oxygen atoms in total. The Balaban J connectivity index is 6.29. The van der Waals surface area contributed by atoms with Crippen molar-refractivity contribution in [2.24, 2.45) is 0 Å². The monoisotopic (exact) mass is 328 g/mol. The van der Waals surface area contributed by atoms with Crippen molar-refractivity contribution in [2.75, 3.05) is 0 Å². The summed E-state index contributed by atoms with van der Waals surface area (Å²) in [5, 5.41) is -1.02. The lowest BCUT2D eigenvalue weighted by atomic mass is 10.00. The summed E-state index contributed by atoms with van der Waals surface area (Å²) in [4.78, 5) is 12.7. The van der Waals surface area contributed by atoms with Gasteiger partial charge < -0.3 is 13.3 Å². The molecule has 0 aromatic rings. The molecule has 5 heteroatoms. The molecule has 0 aromatic carbocycles. The van der Waals surface area contributed by atoms with E-state index in [1.54, 1.807) is 6.08 Å². The van der Waals surface area contributed by atoms with Gasteiger partial charge in [-0.15, -0.1) is 6.58 Å². The van der Waals surface area contributed by atoms with E-state index in [0.717, 1.165) is 0 Å². The molecule has 0 aliphatic heterocycles. The van der Waals surface area contributed by atoms with Crippen LogP contribution in [0.3, 0.4) is 0 Å². The normalized spacial score (nSPS) is 15.2. The van der Waals surface area contributed by atoms with Crippen LogP contribution >= 0.6 is 0 Å². The Labute approximate surface area is 136 Å². The maximum atomic E-state index is 12.7. The van der Waals surface area contributed by atoms with Gasteiger partial charge in [0, 0.05) is 18.3 Å². The third-order valence-electron chi connectivity index (χ3n) is 3.25. The highest BCUT2D eigenvalue weighted by Crippen LogP contribution is 2.47. The molecule has 0 N–H and O–H groups in total. The van der Waals surface area contributed by atoms with Crippen molar-refractivity contribution in [3.8, 4) is 0 Å². The van der Waals surface area contributed by atoms with Crippen molar-refractivity contribution in [3.63, 3.8) is 0 Å². The van der Waals surface area contributed by atoms with Gasteiger partial charge in [0.05, 0.1) is 0 Å². The van der Waals surface area contributed by atoms with Crippen LogP contribution in [0.4, 0.5) is 0 Å².